The number of benzene rings is 1. The first kappa shape index (κ1) is 13.9. The Morgan fingerprint density at radius 3 is 2.58 bits per heavy atom. The van der Waals surface area contributed by atoms with E-state index in [1.807, 2.05) is 24.3 Å². The molecule has 0 aliphatic heterocycles. The molecule has 1 aromatic carbocycles. The summed E-state index contributed by atoms with van der Waals surface area (Å²) in [5.41, 5.74) is 6.11. The third-order valence-electron chi connectivity index (χ3n) is 3.56. The average molecular weight is 262 g/mol. The van der Waals surface area contributed by atoms with Crippen LogP contribution in [0.1, 0.15) is 32.6 Å². The number of carbonyl (C=O) groups is 1. The summed E-state index contributed by atoms with van der Waals surface area (Å²) in [6.07, 6.45) is 4.07. The fourth-order valence-corrected chi connectivity index (χ4v) is 2.29. The number of anilines is 1. The zero-order valence-electron chi connectivity index (χ0n) is 11.4. The van der Waals surface area contributed by atoms with E-state index < -0.39 is 0 Å². The fraction of sp³-hybridized carbons (Fsp3) is 0.533. The van der Waals surface area contributed by atoms with Gasteiger partial charge in [0, 0.05) is 17.6 Å². The molecule has 0 spiro atoms. The van der Waals surface area contributed by atoms with Crippen molar-refractivity contribution in [3.05, 3.63) is 24.3 Å². The maximum atomic E-state index is 12.2. The van der Waals surface area contributed by atoms with E-state index in [0.717, 1.165) is 37.1 Å². The molecule has 0 bridgehead atoms. The third kappa shape index (κ3) is 3.47. The van der Waals surface area contributed by atoms with E-state index in [4.69, 9.17) is 10.5 Å². The van der Waals surface area contributed by atoms with Gasteiger partial charge in [0.25, 0.3) is 0 Å². The van der Waals surface area contributed by atoms with Gasteiger partial charge in [0.05, 0.1) is 0 Å². The molecule has 1 amide bonds. The van der Waals surface area contributed by atoms with Crippen molar-refractivity contribution in [1.29, 1.82) is 0 Å². The summed E-state index contributed by atoms with van der Waals surface area (Å²) >= 11 is 0. The van der Waals surface area contributed by atoms with Crippen LogP contribution in [0.25, 0.3) is 0 Å². The lowest BCUT2D eigenvalue weighted by atomic mass is 9.99. The number of ether oxygens (including phenoxy) is 1. The Morgan fingerprint density at radius 2 is 2.05 bits per heavy atom. The monoisotopic (exact) mass is 262 g/mol. The lowest BCUT2D eigenvalue weighted by molar-refractivity contribution is -0.121. The highest BCUT2D eigenvalue weighted by molar-refractivity contribution is 5.97. The Bertz CT molecular complexity index is 424. The summed E-state index contributed by atoms with van der Waals surface area (Å²) < 4.78 is 5.40. The van der Waals surface area contributed by atoms with E-state index in [-0.39, 0.29) is 11.3 Å². The van der Waals surface area contributed by atoms with E-state index >= 15 is 0 Å². The second-order valence-corrected chi connectivity index (χ2v) is 5.15. The molecule has 104 valence electrons. The molecule has 1 fully saturated rings. The van der Waals surface area contributed by atoms with Gasteiger partial charge in [0.1, 0.15) is 12.4 Å². The average Bonchev–Trinajstić information content (AvgIpc) is 3.19. The number of rotatable bonds is 7. The Balaban J connectivity index is 1.90. The van der Waals surface area contributed by atoms with E-state index in [9.17, 15) is 4.79 Å². The van der Waals surface area contributed by atoms with Gasteiger partial charge in [0.2, 0.25) is 5.91 Å². The highest BCUT2D eigenvalue weighted by Gasteiger charge is 2.48. The highest BCUT2D eigenvalue weighted by atomic mass is 16.5. The van der Waals surface area contributed by atoms with Gasteiger partial charge in [-0.2, -0.15) is 0 Å². The Morgan fingerprint density at radius 1 is 1.37 bits per heavy atom. The SMILES string of the molecule is CCCC1(C(=O)Nc2ccc(OCCN)cc2)CC1. The van der Waals surface area contributed by atoms with E-state index in [1.54, 1.807) is 0 Å². The molecule has 1 saturated carbocycles. The minimum absolute atomic E-state index is 0.0938. The van der Waals surface area contributed by atoms with Crippen molar-refractivity contribution in [3.63, 3.8) is 0 Å². The van der Waals surface area contributed by atoms with Crippen molar-refractivity contribution >= 4 is 11.6 Å². The standard InChI is InChI=1S/C15H22N2O2/c1-2-7-15(8-9-15)14(18)17-12-3-5-13(6-4-12)19-11-10-16/h3-6H,2,7-11,16H2,1H3,(H,17,18). The second-order valence-electron chi connectivity index (χ2n) is 5.15. The molecule has 19 heavy (non-hydrogen) atoms. The van der Waals surface area contributed by atoms with Crippen LogP contribution in [-0.2, 0) is 4.79 Å². The summed E-state index contributed by atoms with van der Waals surface area (Å²) in [7, 11) is 0. The molecular formula is C15H22N2O2. The zero-order chi connectivity index (χ0) is 13.7. The molecular weight excluding hydrogens is 240 g/mol. The molecule has 4 nitrogen and oxygen atoms in total. The minimum Gasteiger partial charge on any atom is -0.492 e. The first-order chi connectivity index (χ1) is 9.20. The Labute approximate surface area is 114 Å². The van der Waals surface area contributed by atoms with Gasteiger partial charge >= 0.3 is 0 Å². The molecule has 4 heteroatoms. The quantitative estimate of drug-likeness (QED) is 0.793. The number of amides is 1. The van der Waals surface area contributed by atoms with Crippen LogP contribution < -0.4 is 15.8 Å². The van der Waals surface area contributed by atoms with Gasteiger partial charge < -0.3 is 15.8 Å². The molecule has 0 radical (unpaired) electrons. The molecule has 3 N–H and O–H groups in total. The van der Waals surface area contributed by atoms with Crippen LogP contribution in [0, 0.1) is 5.41 Å². The van der Waals surface area contributed by atoms with Gasteiger partial charge in [-0.25, -0.2) is 0 Å². The molecule has 0 unspecified atom stereocenters. The zero-order valence-corrected chi connectivity index (χ0v) is 11.4. The van der Waals surface area contributed by atoms with Crippen LogP contribution in [0.15, 0.2) is 24.3 Å². The maximum Gasteiger partial charge on any atom is 0.230 e. The van der Waals surface area contributed by atoms with E-state index in [2.05, 4.69) is 12.2 Å². The van der Waals surface area contributed by atoms with Gasteiger partial charge in [-0.15, -0.1) is 0 Å². The largest absolute Gasteiger partial charge is 0.492 e. The van der Waals surface area contributed by atoms with Crippen molar-refractivity contribution in [2.75, 3.05) is 18.5 Å². The van der Waals surface area contributed by atoms with Crippen molar-refractivity contribution < 1.29 is 9.53 Å². The van der Waals surface area contributed by atoms with Gasteiger partial charge in [-0.1, -0.05) is 13.3 Å². The molecule has 1 aliphatic carbocycles. The summed E-state index contributed by atoms with van der Waals surface area (Å²) in [6, 6.07) is 7.44. The van der Waals surface area contributed by atoms with E-state index in [0.29, 0.717) is 13.2 Å². The first-order valence-corrected chi connectivity index (χ1v) is 6.94. The number of nitrogens with two attached hydrogens (primary N) is 1. The van der Waals surface area contributed by atoms with Crippen LogP contribution in [0.5, 0.6) is 5.75 Å². The number of nitrogens with one attached hydrogen (secondary N) is 1. The normalized spacial score (nSPS) is 15.9. The van der Waals surface area contributed by atoms with Crippen molar-refractivity contribution in [2.24, 2.45) is 11.1 Å². The molecule has 0 atom stereocenters. The summed E-state index contributed by atoms with van der Waals surface area (Å²) in [6.45, 7) is 3.13. The van der Waals surface area contributed by atoms with Gasteiger partial charge in [-0.3, -0.25) is 4.79 Å². The molecule has 1 aromatic rings. The Hall–Kier alpha value is -1.55. The molecule has 0 aromatic heterocycles. The predicted molar refractivity (Wildman–Crippen MR) is 76.2 cm³/mol. The summed E-state index contributed by atoms with van der Waals surface area (Å²) in [4.78, 5) is 12.2. The topological polar surface area (TPSA) is 64.3 Å². The third-order valence-corrected chi connectivity index (χ3v) is 3.56. The predicted octanol–water partition coefficient (Wildman–Crippen LogP) is 2.54. The molecule has 0 heterocycles. The lowest BCUT2D eigenvalue weighted by Crippen LogP contribution is -2.24. The Kier molecular flexibility index (Phi) is 4.43. The van der Waals surface area contributed by atoms with Crippen LogP contribution in [0.2, 0.25) is 0 Å². The molecule has 0 saturated heterocycles. The van der Waals surface area contributed by atoms with Gasteiger partial charge in [0.15, 0.2) is 0 Å². The number of hydrogen-bond acceptors (Lipinski definition) is 3. The van der Waals surface area contributed by atoms with Crippen molar-refractivity contribution in [3.8, 4) is 5.75 Å². The second kappa shape index (κ2) is 6.06. The van der Waals surface area contributed by atoms with Crippen LogP contribution in [0.3, 0.4) is 0 Å². The van der Waals surface area contributed by atoms with Crippen LogP contribution >= 0.6 is 0 Å². The van der Waals surface area contributed by atoms with Crippen LogP contribution in [-0.4, -0.2) is 19.1 Å². The van der Waals surface area contributed by atoms with E-state index in [1.165, 1.54) is 0 Å². The molecule has 2 rings (SSSR count). The smallest absolute Gasteiger partial charge is 0.230 e. The number of hydrogen-bond donors (Lipinski definition) is 2. The highest BCUT2D eigenvalue weighted by Crippen LogP contribution is 2.50. The lowest BCUT2D eigenvalue weighted by Gasteiger charge is -2.14. The minimum atomic E-state index is -0.0938. The maximum absolute atomic E-state index is 12.2. The van der Waals surface area contributed by atoms with Crippen molar-refractivity contribution in [1.82, 2.24) is 0 Å². The van der Waals surface area contributed by atoms with Gasteiger partial charge in [-0.05, 0) is 43.5 Å². The summed E-state index contributed by atoms with van der Waals surface area (Å²) in [5.74, 6) is 0.933. The fourth-order valence-electron chi connectivity index (χ4n) is 2.29. The van der Waals surface area contributed by atoms with Crippen LogP contribution in [0.4, 0.5) is 5.69 Å². The first-order valence-electron chi connectivity index (χ1n) is 6.94. The molecule has 1 aliphatic rings. The summed E-state index contributed by atoms with van der Waals surface area (Å²) in [5, 5.41) is 2.99. The number of carbonyl (C=O) groups excluding carboxylic acids is 1. The van der Waals surface area contributed by atoms with Crippen molar-refractivity contribution in [2.45, 2.75) is 32.6 Å².